The molecule has 40 heavy (non-hydrogen) atoms. The highest BCUT2D eigenvalue weighted by atomic mass is 16.3. The number of aliphatic hydroxyl groups is 3. The molecule has 3 atom stereocenters. The standard InChI is InChI=1S/C35H65NO4/c1-3-5-7-9-11-13-14-15-16-17-18-19-20-21-22-24-26-28-30-34(39)36-32(31-37)35(40)33(38)29-27-25-23-12-10-8-6-4-2/h4,6,12,18-19,23,32-33,35,37-38,40H,3,5,7-11,13-17,20-22,24-31H2,1-2H3,(H,36,39)/b6-4+,19-18-,23-12+. The number of hydrogen-bond donors (Lipinski definition) is 4. The van der Waals surface area contributed by atoms with Crippen molar-refractivity contribution in [3.8, 4) is 0 Å². The van der Waals surface area contributed by atoms with Gasteiger partial charge in [-0.3, -0.25) is 4.79 Å². The van der Waals surface area contributed by atoms with Crippen LogP contribution in [0.2, 0.25) is 0 Å². The molecular weight excluding hydrogens is 498 g/mol. The van der Waals surface area contributed by atoms with E-state index in [1.165, 1.54) is 77.0 Å². The number of hydrogen-bond acceptors (Lipinski definition) is 4. The van der Waals surface area contributed by atoms with Gasteiger partial charge < -0.3 is 20.6 Å². The Labute approximate surface area is 247 Å². The summed E-state index contributed by atoms with van der Waals surface area (Å²) in [6, 6.07) is -0.832. The average Bonchev–Trinajstić information content (AvgIpc) is 2.96. The van der Waals surface area contributed by atoms with Crippen LogP contribution in [0.1, 0.15) is 155 Å². The summed E-state index contributed by atoms with van der Waals surface area (Å²) in [6.45, 7) is 3.90. The molecule has 0 aliphatic rings. The molecule has 5 nitrogen and oxygen atoms in total. The van der Waals surface area contributed by atoms with Gasteiger partial charge in [0.1, 0.15) is 6.10 Å². The highest BCUT2D eigenvalue weighted by molar-refractivity contribution is 5.76. The van der Waals surface area contributed by atoms with E-state index in [-0.39, 0.29) is 12.5 Å². The Bertz CT molecular complexity index is 631. The van der Waals surface area contributed by atoms with Crippen molar-refractivity contribution in [2.45, 2.75) is 173 Å². The van der Waals surface area contributed by atoms with Crippen LogP contribution < -0.4 is 5.32 Å². The number of amides is 1. The van der Waals surface area contributed by atoms with E-state index in [9.17, 15) is 20.1 Å². The third-order valence-electron chi connectivity index (χ3n) is 7.54. The molecule has 0 spiro atoms. The van der Waals surface area contributed by atoms with Crippen LogP contribution in [0.4, 0.5) is 0 Å². The number of carbonyl (C=O) groups excluding carboxylic acids is 1. The predicted molar refractivity (Wildman–Crippen MR) is 171 cm³/mol. The van der Waals surface area contributed by atoms with Gasteiger partial charge in [-0.05, 0) is 71.1 Å². The third kappa shape index (κ3) is 25.5. The van der Waals surface area contributed by atoms with Crippen molar-refractivity contribution in [2.24, 2.45) is 0 Å². The van der Waals surface area contributed by atoms with Gasteiger partial charge in [0.05, 0.1) is 18.8 Å². The molecule has 0 saturated carbocycles. The van der Waals surface area contributed by atoms with Gasteiger partial charge in [0.15, 0.2) is 0 Å². The van der Waals surface area contributed by atoms with Crippen molar-refractivity contribution < 1.29 is 20.1 Å². The van der Waals surface area contributed by atoms with Gasteiger partial charge in [-0.2, -0.15) is 0 Å². The normalized spacial score (nSPS) is 14.4. The van der Waals surface area contributed by atoms with E-state index < -0.39 is 18.2 Å². The second kappa shape index (κ2) is 30.5. The van der Waals surface area contributed by atoms with Crippen molar-refractivity contribution >= 4 is 5.91 Å². The smallest absolute Gasteiger partial charge is 0.220 e. The minimum absolute atomic E-state index is 0.172. The molecule has 0 saturated heterocycles. The number of nitrogens with one attached hydrogen (secondary N) is 1. The lowest BCUT2D eigenvalue weighted by atomic mass is 10.0. The number of carbonyl (C=O) groups is 1. The van der Waals surface area contributed by atoms with E-state index in [0.717, 1.165) is 51.4 Å². The fourth-order valence-electron chi connectivity index (χ4n) is 4.88. The fourth-order valence-corrected chi connectivity index (χ4v) is 4.88. The largest absolute Gasteiger partial charge is 0.394 e. The zero-order chi connectivity index (χ0) is 29.5. The van der Waals surface area contributed by atoms with Crippen molar-refractivity contribution in [2.75, 3.05) is 6.61 Å². The Hall–Kier alpha value is -1.43. The Morgan fingerprint density at radius 2 is 1.12 bits per heavy atom. The topological polar surface area (TPSA) is 89.8 Å². The number of aliphatic hydroxyl groups excluding tert-OH is 3. The molecule has 0 aromatic carbocycles. The molecule has 3 unspecified atom stereocenters. The third-order valence-corrected chi connectivity index (χ3v) is 7.54. The second-order valence-electron chi connectivity index (χ2n) is 11.4. The van der Waals surface area contributed by atoms with Gasteiger partial charge in [-0.15, -0.1) is 0 Å². The van der Waals surface area contributed by atoms with E-state index in [4.69, 9.17) is 0 Å². The molecule has 234 valence electrons. The van der Waals surface area contributed by atoms with Crippen molar-refractivity contribution in [3.05, 3.63) is 36.5 Å². The second-order valence-corrected chi connectivity index (χ2v) is 11.4. The lowest BCUT2D eigenvalue weighted by Gasteiger charge is -2.26. The summed E-state index contributed by atoms with van der Waals surface area (Å²) >= 11 is 0. The van der Waals surface area contributed by atoms with Crippen molar-refractivity contribution in [1.82, 2.24) is 5.32 Å². The lowest BCUT2D eigenvalue weighted by molar-refractivity contribution is -0.124. The molecule has 1 amide bonds. The maximum absolute atomic E-state index is 12.3. The summed E-state index contributed by atoms with van der Waals surface area (Å²) in [5, 5.41) is 33.0. The predicted octanol–water partition coefficient (Wildman–Crippen LogP) is 8.48. The summed E-state index contributed by atoms with van der Waals surface area (Å²) in [5.74, 6) is -0.172. The van der Waals surface area contributed by atoms with Gasteiger partial charge in [0.2, 0.25) is 5.91 Å². The van der Waals surface area contributed by atoms with Gasteiger partial charge in [-0.1, -0.05) is 114 Å². The number of allylic oxidation sites excluding steroid dienone is 6. The van der Waals surface area contributed by atoms with Gasteiger partial charge in [0.25, 0.3) is 0 Å². The molecule has 0 rings (SSSR count). The van der Waals surface area contributed by atoms with Crippen LogP contribution in [0.15, 0.2) is 36.5 Å². The monoisotopic (exact) mass is 563 g/mol. The van der Waals surface area contributed by atoms with Gasteiger partial charge in [-0.25, -0.2) is 0 Å². The molecule has 0 aliphatic heterocycles. The van der Waals surface area contributed by atoms with Crippen LogP contribution in [0.25, 0.3) is 0 Å². The van der Waals surface area contributed by atoms with Crippen LogP contribution in [0.5, 0.6) is 0 Å². The molecule has 0 aliphatic carbocycles. The average molecular weight is 564 g/mol. The first kappa shape index (κ1) is 38.6. The van der Waals surface area contributed by atoms with E-state index >= 15 is 0 Å². The SMILES string of the molecule is C/C=C/CC/C=C/CCCC(O)C(O)C(CO)NC(=O)CCCCCCC/C=C\CCCCCCCCCCC. The van der Waals surface area contributed by atoms with Crippen molar-refractivity contribution in [3.63, 3.8) is 0 Å². The molecule has 5 heteroatoms. The van der Waals surface area contributed by atoms with Crippen LogP contribution in [0, 0.1) is 0 Å². The minimum atomic E-state index is -1.17. The highest BCUT2D eigenvalue weighted by Crippen LogP contribution is 2.13. The first-order valence-corrected chi connectivity index (χ1v) is 16.7. The first-order valence-electron chi connectivity index (χ1n) is 16.7. The van der Waals surface area contributed by atoms with Crippen LogP contribution >= 0.6 is 0 Å². The highest BCUT2D eigenvalue weighted by Gasteiger charge is 2.26. The molecule has 0 radical (unpaired) electrons. The summed E-state index contributed by atoms with van der Waals surface area (Å²) in [6.07, 6.45) is 35.5. The van der Waals surface area contributed by atoms with E-state index in [0.29, 0.717) is 12.8 Å². The summed E-state index contributed by atoms with van der Waals surface area (Å²) < 4.78 is 0. The van der Waals surface area contributed by atoms with Gasteiger partial charge in [0, 0.05) is 6.42 Å². The maximum Gasteiger partial charge on any atom is 0.220 e. The zero-order valence-corrected chi connectivity index (χ0v) is 26.2. The number of rotatable bonds is 29. The quantitative estimate of drug-likeness (QED) is 0.0543. The molecule has 0 aromatic rings. The van der Waals surface area contributed by atoms with Gasteiger partial charge >= 0.3 is 0 Å². The lowest BCUT2D eigenvalue weighted by Crippen LogP contribution is -2.50. The Morgan fingerprint density at radius 3 is 1.68 bits per heavy atom. The van der Waals surface area contributed by atoms with Crippen LogP contribution in [-0.4, -0.2) is 46.1 Å². The summed E-state index contributed by atoms with van der Waals surface area (Å²) in [5.41, 5.74) is 0. The molecule has 0 aromatic heterocycles. The van der Waals surface area contributed by atoms with E-state index in [2.05, 4.69) is 42.6 Å². The molecule has 4 N–H and O–H groups in total. The zero-order valence-electron chi connectivity index (χ0n) is 26.2. The molecular formula is C35H65NO4. The Kier molecular flexibility index (Phi) is 29.4. The minimum Gasteiger partial charge on any atom is -0.394 e. The Morgan fingerprint density at radius 1 is 0.650 bits per heavy atom. The Balaban J connectivity index is 3.72. The van der Waals surface area contributed by atoms with Crippen molar-refractivity contribution in [1.29, 1.82) is 0 Å². The summed E-state index contributed by atoms with van der Waals surface area (Å²) in [4.78, 5) is 12.3. The van der Waals surface area contributed by atoms with Crippen LogP contribution in [0.3, 0.4) is 0 Å². The fraction of sp³-hybridized carbons (Fsp3) is 0.800. The first-order chi connectivity index (χ1) is 19.6. The van der Waals surface area contributed by atoms with E-state index in [1.807, 2.05) is 13.0 Å². The summed E-state index contributed by atoms with van der Waals surface area (Å²) in [7, 11) is 0. The molecule has 0 bridgehead atoms. The molecule has 0 heterocycles. The number of unbranched alkanes of at least 4 members (excludes halogenated alkanes) is 16. The molecule has 0 fully saturated rings. The maximum atomic E-state index is 12.3. The van der Waals surface area contributed by atoms with Crippen LogP contribution in [-0.2, 0) is 4.79 Å². The van der Waals surface area contributed by atoms with E-state index in [1.54, 1.807) is 0 Å².